The van der Waals surface area contributed by atoms with Crippen molar-refractivity contribution in [3.63, 3.8) is 0 Å². The molecular formula is C17H18ClN3OS. The maximum atomic E-state index is 10.6. The Labute approximate surface area is 144 Å². The minimum atomic E-state index is -0.925. The number of aromatic nitrogens is 3. The van der Waals surface area contributed by atoms with Gasteiger partial charge >= 0.3 is 0 Å². The van der Waals surface area contributed by atoms with Crippen molar-refractivity contribution >= 4 is 22.9 Å². The van der Waals surface area contributed by atoms with Crippen molar-refractivity contribution in [2.75, 3.05) is 0 Å². The molecule has 23 heavy (non-hydrogen) atoms. The van der Waals surface area contributed by atoms with Crippen LogP contribution >= 0.6 is 22.9 Å². The zero-order valence-electron chi connectivity index (χ0n) is 13.0. The minimum absolute atomic E-state index is 0.438. The van der Waals surface area contributed by atoms with E-state index in [1.54, 1.807) is 22.9 Å². The highest BCUT2D eigenvalue weighted by Gasteiger charge is 2.26. The van der Waals surface area contributed by atoms with E-state index in [2.05, 4.69) is 10.3 Å². The fraction of sp³-hybridized carbons (Fsp3) is 0.294. The van der Waals surface area contributed by atoms with E-state index in [0.29, 0.717) is 13.0 Å². The van der Waals surface area contributed by atoms with Crippen LogP contribution in [0, 0.1) is 6.92 Å². The van der Waals surface area contributed by atoms with Gasteiger partial charge in [-0.15, -0.1) is 16.4 Å². The second-order valence-electron chi connectivity index (χ2n) is 5.91. The normalized spacial score (nSPS) is 13.9. The van der Waals surface area contributed by atoms with Gasteiger partial charge in [-0.1, -0.05) is 28.9 Å². The van der Waals surface area contributed by atoms with Gasteiger partial charge in [-0.2, -0.15) is 0 Å². The topological polar surface area (TPSA) is 50.9 Å². The molecule has 1 atom stereocenters. The van der Waals surface area contributed by atoms with Gasteiger partial charge in [0.05, 0.1) is 12.2 Å². The molecule has 0 fully saturated rings. The van der Waals surface area contributed by atoms with Crippen molar-refractivity contribution in [2.45, 2.75) is 32.4 Å². The lowest BCUT2D eigenvalue weighted by atomic mass is 9.99. The van der Waals surface area contributed by atoms with Crippen LogP contribution in [0.2, 0.25) is 5.02 Å². The van der Waals surface area contributed by atoms with Crippen molar-refractivity contribution in [3.8, 4) is 0 Å². The predicted molar refractivity (Wildman–Crippen MR) is 92.9 cm³/mol. The molecule has 0 bridgehead atoms. The summed E-state index contributed by atoms with van der Waals surface area (Å²) >= 11 is 7.53. The van der Waals surface area contributed by atoms with Crippen molar-refractivity contribution in [2.24, 2.45) is 0 Å². The van der Waals surface area contributed by atoms with Crippen LogP contribution in [0.4, 0.5) is 0 Å². The number of benzene rings is 1. The molecule has 4 nitrogen and oxygen atoms in total. The lowest BCUT2D eigenvalue weighted by molar-refractivity contribution is 0.0604. The largest absolute Gasteiger partial charge is 0.384 e. The summed E-state index contributed by atoms with van der Waals surface area (Å²) in [7, 11) is 0. The summed E-state index contributed by atoms with van der Waals surface area (Å²) in [5.41, 5.74) is 2.12. The first-order chi connectivity index (χ1) is 10.9. The van der Waals surface area contributed by atoms with Crippen molar-refractivity contribution in [3.05, 3.63) is 68.6 Å². The van der Waals surface area contributed by atoms with Gasteiger partial charge in [0.1, 0.15) is 5.60 Å². The number of hydrogen-bond acceptors (Lipinski definition) is 4. The van der Waals surface area contributed by atoms with Crippen LogP contribution in [0.15, 0.2) is 41.9 Å². The van der Waals surface area contributed by atoms with E-state index in [1.807, 2.05) is 48.8 Å². The second-order valence-corrected chi connectivity index (χ2v) is 7.29. The zero-order chi connectivity index (χ0) is 16.4. The Morgan fingerprint density at radius 1 is 1.35 bits per heavy atom. The van der Waals surface area contributed by atoms with Gasteiger partial charge in [0.2, 0.25) is 0 Å². The van der Waals surface area contributed by atoms with Crippen LogP contribution in [-0.4, -0.2) is 20.1 Å². The molecule has 0 radical (unpaired) electrons. The van der Waals surface area contributed by atoms with Crippen LogP contribution in [0.5, 0.6) is 0 Å². The van der Waals surface area contributed by atoms with Gasteiger partial charge < -0.3 is 5.11 Å². The lowest BCUT2D eigenvalue weighted by Crippen LogP contribution is -2.23. The molecule has 1 unspecified atom stereocenters. The molecule has 3 rings (SSSR count). The summed E-state index contributed by atoms with van der Waals surface area (Å²) in [4.78, 5) is 0.931. The molecule has 2 aromatic heterocycles. The van der Waals surface area contributed by atoms with Gasteiger partial charge in [-0.05, 0) is 48.6 Å². The molecule has 0 saturated heterocycles. The van der Waals surface area contributed by atoms with Crippen molar-refractivity contribution < 1.29 is 5.11 Å². The molecule has 0 spiro atoms. The summed E-state index contributed by atoms with van der Waals surface area (Å²) in [6.07, 6.45) is 2.32. The first kappa shape index (κ1) is 16.2. The Balaban J connectivity index is 1.73. The second kappa shape index (κ2) is 6.43. The Bertz CT molecular complexity index is 796. The smallest absolute Gasteiger partial charge is 0.102 e. The quantitative estimate of drug-likeness (QED) is 0.763. The molecule has 120 valence electrons. The highest BCUT2D eigenvalue weighted by molar-refractivity contribution is 7.10. The fourth-order valence-corrected chi connectivity index (χ4v) is 3.55. The predicted octanol–water partition coefficient (Wildman–Crippen LogP) is 3.80. The average Bonchev–Trinajstić information content (AvgIpc) is 3.13. The van der Waals surface area contributed by atoms with Gasteiger partial charge in [-0.3, -0.25) is 0 Å². The SMILES string of the molecule is Cc1cc(Cl)ccc1Cn1cc(CC(C)(O)c2cccs2)nn1. The Kier molecular flexibility index (Phi) is 4.53. The average molecular weight is 348 g/mol. The maximum absolute atomic E-state index is 10.6. The third kappa shape index (κ3) is 3.80. The molecule has 3 aromatic rings. The zero-order valence-corrected chi connectivity index (χ0v) is 14.6. The fourth-order valence-electron chi connectivity index (χ4n) is 2.53. The van der Waals surface area contributed by atoms with Gasteiger partial charge in [0.25, 0.3) is 0 Å². The summed E-state index contributed by atoms with van der Waals surface area (Å²) in [6.45, 7) is 4.47. The van der Waals surface area contributed by atoms with Crippen molar-refractivity contribution in [1.29, 1.82) is 0 Å². The van der Waals surface area contributed by atoms with Crippen LogP contribution in [0.25, 0.3) is 0 Å². The Hall–Kier alpha value is -1.69. The molecule has 2 heterocycles. The van der Waals surface area contributed by atoms with E-state index in [1.165, 1.54) is 0 Å². The van der Waals surface area contributed by atoms with Gasteiger partial charge in [-0.25, -0.2) is 4.68 Å². The molecule has 0 aliphatic carbocycles. The highest BCUT2D eigenvalue weighted by atomic mass is 35.5. The first-order valence-corrected chi connectivity index (χ1v) is 8.60. The standard InChI is InChI=1S/C17H18ClN3OS/c1-12-8-14(18)6-5-13(12)10-21-11-15(19-20-21)9-17(2,22)16-4-3-7-23-16/h3-8,11,22H,9-10H2,1-2H3. The molecule has 0 aliphatic rings. The highest BCUT2D eigenvalue weighted by Crippen LogP contribution is 2.28. The number of aryl methyl sites for hydroxylation is 1. The summed E-state index contributed by atoms with van der Waals surface area (Å²) in [5.74, 6) is 0. The van der Waals surface area contributed by atoms with E-state index < -0.39 is 5.60 Å². The lowest BCUT2D eigenvalue weighted by Gasteiger charge is -2.20. The van der Waals surface area contributed by atoms with Crippen LogP contribution in [0.1, 0.15) is 28.6 Å². The minimum Gasteiger partial charge on any atom is -0.384 e. The Morgan fingerprint density at radius 3 is 2.87 bits per heavy atom. The summed E-state index contributed by atoms with van der Waals surface area (Å²) < 4.78 is 1.79. The molecule has 1 N–H and O–H groups in total. The maximum Gasteiger partial charge on any atom is 0.102 e. The van der Waals surface area contributed by atoms with Crippen LogP contribution in [0.3, 0.4) is 0 Å². The van der Waals surface area contributed by atoms with Gasteiger partial charge in [0, 0.05) is 22.5 Å². The Morgan fingerprint density at radius 2 is 2.17 bits per heavy atom. The van der Waals surface area contributed by atoms with E-state index in [0.717, 1.165) is 26.7 Å². The molecule has 1 aromatic carbocycles. The summed E-state index contributed by atoms with van der Waals surface area (Å²) in [6, 6.07) is 9.70. The third-order valence-electron chi connectivity index (χ3n) is 3.80. The van der Waals surface area contributed by atoms with Crippen molar-refractivity contribution in [1.82, 2.24) is 15.0 Å². The van der Waals surface area contributed by atoms with Crippen LogP contribution in [-0.2, 0) is 18.6 Å². The monoisotopic (exact) mass is 347 g/mol. The first-order valence-electron chi connectivity index (χ1n) is 7.34. The number of halogens is 1. The van der Waals surface area contributed by atoms with Gasteiger partial charge in [0.15, 0.2) is 0 Å². The van der Waals surface area contributed by atoms with E-state index >= 15 is 0 Å². The molecule has 0 saturated carbocycles. The number of rotatable bonds is 5. The molecular weight excluding hydrogens is 330 g/mol. The number of hydrogen-bond donors (Lipinski definition) is 1. The molecule has 0 aliphatic heterocycles. The van der Waals surface area contributed by atoms with E-state index in [9.17, 15) is 5.11 Å². The molecule has 6 heteroatoms. The number of nitrogens with zero attached hydrogens (tertiary/aromatic N) is 3. The number of aliphatic hydroxyl groups is 1. The third-order valence-corrected chi connectivity index (χ3v) is 5.16. The molecule has 0 amide bonds. The van der Waals surface area contributed by atoms with E-state index in [-0.39, 0.29) is 0 Å². The van der Waals surface area contributed by atoms with Crippen LogP contribution < -0.4 is 0 Å². The van der Waals surface area contributed by atoms with E-state index in [4.69, 9.17) is 11.6 Å². The number of thiophene rings is 1. The summed E-state index contributed by atoms with van der Waals surface area (Å²) in [5, 5.41) is 21.7.